The molecule has 0 aromatic heterocycles. The zero-order valence-corrected chi connectivity index (χ0v) is 20.0. The molecule has 0 saturated heterocycles. The third-order valence-electron chi connectivity index (χ3n) is 4.44. The predicted octanol–water partition coefficient (Wildman–Crippen LogP) is 7.78. The van der Waals surface area contributed by atoms with Crippen LogP contribution in [0.4, 0.5) is 0 Å². The van der Waals surface area contributed by atoms with E-state index in [1.807, 2.05) is 12.2 Å². The Kier molecular flexibility index (Phi) is 16.3. The number of rotatable bonds is 16. The summed E-state index contributed by atoms with van der Waals surface area (Å²) in [6, 6.07) is 4.40. The van der Waals surface area contributed by atoms with Crippen LogP contribution in [-0.4, -0.2) is 18.2 Å². The Hall–Kier alpha value is -3.27. The largest absolute Gasteiger partial charge is 0.508 e. The quantitative estimate of drug-likeness (QED) is 0.159. The molecule has 0 aliphatic carbocycles. The third kappa shape index (κ3) is 16.1. The highest BCUT2D eigenvalue weighted by molar-refractivity contribution is 5.72. The van der Waals surface area contributed by atoms with Crippen molar-refractivity contribution >= 4 is 5.97 Å². The average molecular weight is 451 g/mol. The fourth-order valence-electron chi connectivity index (χ4n) is 2.76. The van der Waals surface area contributed by atoms with Crippen molar-refractivity contribution in [1.82, 2.24) is 0 Å². The van der Waals surface area contributed by atoms with Gasteiger partial charge in [0.1, 0.15) is 17.2 Å². The number of allylic oxidation sites excluding steroid dienone is 12. The van der Waals surface area contributed by atoms with Crippen molar-refractivity contribution in [3.63, 3.8) is 0 Å². The van der Waals surface area contributed by atoms with Crippen molar-refractivity contribution in [2.45, 2.75) is 58.3 Å². The molecule has 1 N–H and O–H groups in total. The Morgan fingerprint density at radius 1 is 0.727 bits per heavy atom. The van der Waals surface area contributed by atoms with Gasteiger partial charge in [0.05, 0.1) is 7.11 Å². The first-order chi connectivity index (χ1) is 16.2. The van der Waals surface area contributed by atoms with Crippen LogP contribution in [0.5, 0.6) is 17.2 Å². The summed E-state index contributed by atoms with van der Waals surface area (Å²) in [7, 11) is 1.49. The highest BCUT2D eigenvalue weighted by Crippen LogP contribution is 2.26. The maximum atomic E-state index is 11.9. The van der Waals surface area contributed by atoms with E-state index in [2.05, 4.69) is 67.7 Å². The lowest BCUT2D eigenvalue weighted by molar-refractivity contribution is -0.134. The van der Waals surface area contributed by atoms with Gasteiger partial charge in [-0.2, -0.15) is 0 Å². The summed E-state index contributed by atoms with van der Waals surface area (Å²) in [6.07, 6.45) is 32.5. The number of carbonyl (C=O) groups excluding carboxylic acids is 1. The Morgan fingerprint density at radius 3 is 1.67 bits per heavy atom. The number of ether oxygens (including phenoxy) is 2. The van der Waals surface area contributed by atoms with Crippen LogP contribution in [0.25, 0.3) is 0 Å². The molecule has 33 heavy (non-hydrogen) atoms. The van der Waals surface area contributed by atoms with Gasteiger partial charge in [-0.15, -0.1) is 0 Å². The topological polar surface area (TPSA) is 55.8 Å². The molecule has 4 nitrogen and oxygen atoms in total. The van der Waals surface area contributed by atoms with Crippen LogP contribution in [-0.2, 0) is 4.79 Å². The first kappa shape index (κ1) is 27.8. The third-order valence-corrected chi connectivity index (χ3v) is 4.44. The fraction of sp³-hybridized carbons (Fsp3) is 0.345. The van der Waals surface area contributed by atoms with E-state index in [0.717, 1.165) is 38.5 Å². The average Bonchev–Trinajstić information content (AvgIpc) is 2.80. The first-order valence-corrected chi connectivity index (χ1v) is 11.6. The first-order valence-electron chi connectivity index (χ1n) is 11.6. The summed E-state index contributed by atoms with van der Waals surface area (Å²) in [5.74, 6) is 0.366. The Bertz CT molecular complexity index is 841. The minimum atomic E-state index is -0.345. The van der Waals surface area contributed by atoms with Gasteiger partial charge >= 0.3 is 5.97 Å². The Labute approximate surface area is 199 Å². The molecule has 0 aliphatic rings. The molecule has 178 valence electrons. The number of carbonyl (C=O) groups is 1. The standard InChI is InChI=1S/C29H38O4/c1-3-4-5-6-7-8-9-10-11-12-13-14-15-16-17-18-19-20-21-22-29(31)33-28-24-26(30)23-27(25-28)32-2/h4-5,7-8,10-11,13-14,16-17,19-20,23-25,30H,3,6,9,12,15,18,21-22H2,1-2H3/b5-4-,8-7-,11-10-,14-13-,17-16-,20-19-. The molecule has 0 bridgehead atoms. The second-order valence-corrected chi connectivity index (χ2v) is 7.29. The minimum absolute atomic E-state index is 0.00546. The molecule has 0 spiro atoms. The molecule has 0 amide bonds. The van der Waals surface area contributed by atoms with Crippen molar-refractivity contribution < 1.29 is 19.4 Å². The number of hydrogen-bond acceptors (Lipinski definition) is 4. The van der Waals surface area contributed by atoms with Crippen LogP contribution in [0.2, 0.25) is 0 Å². The highest BCUT2D eigenvalue weighted by Gasteiger charge is 2.06. The van der Waals surface area contributed by atoms with Crippen LogP contribution < -0.4 is 9.47 Å². The van der Waals surface area contributed by atoms with E-state index < -0.39 is 0 Å². The van der Waals surface area contributed by atoms with Crippen molar-refractivity contribution in [1.29, 1.82) is 0 Å². The number of benzene rings is 1. The summed E-state index contributed by atoms with van der Waals surface area (Å²) >= 11 is 0. The second kappa shape index (κ2) is 19.4. The molecular formula is C29H38O4. The monoisotopic (exact) mass is 450 g/mol. The maximum absolute atomic E-state index is 11.9. The highest BCUT2D eigenvalue weighted by atomic mass is 16.5. The van der Waals surface area contributed by atoms with E-state index in [1.54, 1.807) is 6.07 Å². The SMILES string of the molecule is CC/C=C\C/C=C\C/C=C\C/C=C\C/C=C\C/C=C\CCC(=O)Oc1cc(O)cc(OC)c1. The lowest BCUT2D eigenvalue weighted by Gasteiger charge is -2.06. The van der Waals surface area contributed by atoms with Crippen LogP contribution in [0.15, 0.2) is 91.1 Å². The van der Waals surface area contributed by atoms with Crippen molar-refractivity contribution in [2.24, 2.45) is 0 Å². The normalized spacial score (nSPS) is 12.4. The molecule has 0 unspecified atom stereocenters. The van der Waals surface area contributed by atoms with E-state index in [4.69, 9.17) is 9.47 Å². The molecule has 1 aromatic carbocycles. The second-order valence-electron chi connectivity index (χ2n) is 7.29. The molecule has 0 saturated carbocycles. The summed E-state index contributed by atoms with van der Waals surface area (Å²) in [6.45, 7) is 2.15. The van der Waals surface area contributed by atoms with Gasteiger partial charge in [0.2, 0.25) is 0 Å². The van der Waals surface area contributed by atoms with Gasteiger partial charge in [-0.3, -0.25) is 4.79 Å². The van der Waals surface area contributed by atoms with Crippen LogP contribution in [0.1, 0.15) is 58.3 Å². The predicted molar refractivity (Wildman–Crippen MR) is 138 cm³/mol. The van der Waals surface area contributed by atoms with E-state index in [0.29, 0.717) is 12.2 Å². The molecule has 0 atom stereocenters. The van der Waals surface area contributed by atoms with E-state index >= 15 is 0 Å². The van der Waals surface area contributed by atoms with Gasteiger partial charge in [0.25, 0.3) is 0 Å². The maximum Gasteiger partial charge on any atom is 0.311 e. The summed E-state index contributed by atoms with van der Waals surface area (Å²) < 4.78 is 10.3. The van der Waals surface area contributed by atoms with Crippen molar-refractivity contribution in [3.8, 4) is 17.2 Å². The lowest BCUT2D eigenvalue weighted by atomic mass is 10.2. The molecule has 4 heteroatoms. The van der Waals surface area contributed by atoms with Gasteiger partial charge in [0.15, 0.2) is 0 Å². The lowest BCUT2D eigenvalue weighted by Crippen LogP contribution is -2.07. The number of aromatic hydroxyl groups is 1. The molecule has 0 fully saturated rings. The molecule has 0 heterocycles. The molecule has 0 aliphatic heterocycles. The van der Waals surface area contributed by atoms with Crippen LogP contribution >= 0.6 is 0 Å². The van der Waals surface area contributed by atoms with Crippen LogP contribution in [0, 0.1) is 0 Å². The smallest absolute Gasteiger partial charge is 0.311 e. The van der Waals surface area contributed by atoms with E-state index in [-0.39, 0.29) is 23.9 Å². The van der Waals surface area contributed by atoms with Gasteiger partial charge < -0.3 is 14.6 Å². The van der Waals surface area contributed by atoms with Crippen molar-refractivity contribution in [2.75, 3.05) is 7.11 Å². The van der Waals surface area contributed by atoms with E-state index in [1.165, 1.54) is 19.2 Å². The molecule has 0 radical (unpaired) electrons. The zero-order chi connectivity index (χ0) is 24.0. The number of hydrogen-bond donors (Lipinski definition) is 1. The Balaban J connectivity index is 2.08. The number of esters is 1. The van der Waals surface area contributed by atoms with Gasteiger partial charge in [0, 0.05) is 24.6 Å². The summed E-state index contributed by atoms with van der Waals surface area (Å²) in [5, 5.41) is 9.58. The van der Waals surface area contributed by atoms with Gasteiger partial charge in [-0.25, -0.2) is 0 Å². The molecule has 1 rings (SSSR count). The fourth-order valence-corrected chi connectivity index (χ4v) is 2.76. The molecular weight excluding hydrogens is 412 g/mol. The summed E-state index contributed by atoms with van der Waals surface area (Å²) in [5.41, 5.74) is 0. The minimum Gasteiger partial charge on any atom is -0.508 e. The van der Waals surface area contributed by atoms with Crippen molar-refractivity contribution in [3.05, 3.63) is 91.1 Å². The summed E-state index contributed by atoms with van der Waals surface area (Å²) in [4.78, 5) is 11.9. The van der Waals surface area contributed by atoms with Gasteiger partial charge in [-0.1, -0.05) is 79.8 Å². The number of phenolic OH excluding ortho intramolecular Hbond substituents is 1. The van der Waals surface area contributed by atoms with Gasteiger partial charge in [-0.05, 0) is 44.9 Å². The zero-order valence-electron chi connectivity index (χ0n) is 20.0. The Morgan fingerprint density at radius 2 is 1.18 bits per heavy atom. The number of phenols is 1. The molecule has 1 aromatic rings. The van der Waals surface area contributed by atoms with E-state index in [9.17, 15) is 9.90 Å². The number of methoxy groups -OCH3 is 1. The van der Waals surface area contributed by atoms with Crippen LogP contribution in [0.3, 0.4) is 0 Å².